The van der Waals surface area contributed by atoms with Gasteiger partial charge in [0.15, 0.2) is 0 Å². The van der Waals surface area contributed by atoms with Crippen molar-refractivity contribution < 1.29 is 9.53 Å². The number of anilines is 1. The van der Waals surface area contributed by atoms with Gasteiger partial charge in [-0.3, -0.25) is 4.79 Å². The number of nitrogens with one attached hydrogen (secondary N) is 2. The molecule has 3 heterocycles. The number of carbonyl (C=O) groups excluding carboxylic acids is 1. The number of hydrogen-bond donors (Lipinski definition) is 2. The lowest BCUT2D eigenvalue weighted by molar-refractivity contribution is 0.0594. The van der Waals surface area contributed by atoms with E-state index >= 15 is 0 Å². The molecule has 0 spiro atoms. The second-order valence-corrected chi connectivity index (χ2v) is 7.27. The highest BCUT2D eigenvalue weighted by molar-refractivity contribution is 5.96. The van der Waals surface area contributed by atoms with Crippen LogP contribution in [0.4, 0.5) is 5.82 Å². The average molecular weight is 366 g/mol. The molecule has 1 fully saturated rings. The van der Waals surface area contributed by atoms with Gasteiger partial charge in [-0.25, -0.2) is 9.97 Å². The number of ether oxygens (including phenoxy) is 1. The maximum atomic E-state index is 12.3. The van der Waals surface area contributed by atoms with Crippen LogP contribution < -0.4 is 10.6 Å². The molecule has 6 nitrogen and oxygen atoms in total. The minimum Gasteiger partial charge on any atom is -0.381 e. The molecule has 1 unspecified atom stereocenters. The van der Waals surface area contributed by atoms with Crippen molar-refractivity contribution >= 4 is 11.7 Å². The molecule has 4 rings (SSSR count). The van der Waals surface area contributed by atoms with E-state index in [9.17, 15) is 4.79 Å². The smallest absolute Gasteiger partial charge is 0.270 e. The van der Waals surface area contributed by atoms with Gasteiger partial charge < -0.3 is 15.4 Å². The van der Waals surface area contributed by atoms with Crippen molar-refractivity contribution in [2.45, 2.75) is 32.1 Å². The van der Waals surface area contributed by atoms with Gasteiger partial charge in [0.1, 0.15) is 17.3 Å². The SMILES string of the molecule is O=C1NCCc2c(NCC3CCCOC3)nc(CCc3ccccc3)nc21. The van der Waals surface area contributed by atoms with Gasteiger partial charge in [0.25, 0.3) is 5.91 Å². The van der Waals surface area contributed by atoms with Gasteiger partial charge in [0.2, 0.25) is 0 Å². The van der Waals surface area contributed by atoms with Crippen LogP contribution >= 0.6 is 0 Å². The maximum absolute atomic E-state index is 12.3. The summed E-state index contributed by atoms with van der Waals surface area (Å²) in [6.45, 7) is 3.12. The summed E-state index contributed by atoms with van der Waals surface area (Å²) in [7, 11) is 0. The molecule has 0 aliphatic carbocycles. The molecule has 1 saturated heterocycles. The van der Waals surface area contributed by atoms with Gasteiger partial charge in [0, 0.05) is 31.7 Å². The molecule has 6 heteroatoms. The zero-order valence-electron chi connectivity index (χ0n) is 15.5. The van der Waals surface area contributed by atoms with Crippen molar-refractivity contribution in [1.82, 2.24) is 15.3 Å². The van der Waals surface area contributed by atoms with Crippen LogP contribution in [0.1, 0.15) is 40.3 Å². The molecule has 2 aromatic rings. The van der Waals surface area contributed by atoms with E-state index in [4.69, 9.17) is 9.72 Å². The minimum absolute atomic E-state index is 0.0938. The van der Waals surface area contributed by atoms with Gasteiger partial charge in [-0.15, -0.1) is 0 Å². The second kappa shape index (κ2) is 8.48. The highest BCUT2D eigenvalue weighted by Gasteiger charge is 2.24. The Morgan fingerprint density at radius 1 is 1.19 bits per heavy atom. The van der Waals surface area contributed by atoms with E-state index in [2.05, 4.69) is 27.8 Å². The van der Waals surface area contributed by atoms with Crippen LogP contribution in [-0.4, -0.2) is 42.2 Å². The topological polar surface area (TPSA) is 76.1 Å². The number of rotatable bonds is 6. The van der Waals surface area contributed by atoms with Crippen LogP contribution in [-0.2, 0) is 24.0 Å². The molecular weight excluding hydrogens is 340 g/mol. The zero-order chi connectivity index (χ0) is 18.5. The number of benzene rings is 1. The normalized spacial score (nSPS) is 19.3. The maximum Gasteiger partial charge on any atom is 0.270 e. The minimum atomic E-state index is -0.0938. The molecule has 1 amide bonds. The van der Waals surface area contributed by atoms with Crippen LogP contribution in [0.3, 0.4) is 0 Å². The first kappa shape index (κ1) is 17.9. The van der Waals surface area contributed by atoms with Crippen molar-refractivity contribution in [2.75, 3.05) is 31.6 Å². The molecular formula is C21H26N4O2. The molecule has 0 saturated carbocycles. The molecule has 27 heavy (non-hydrogen) atoms. The summed E-state index contributed by atoms with van der Waals surface area (Å²) >= 11 is 0. The molecule has 0 radical (unpaired) electrons. The van der Waals surface area contributed by atoms with Crippen molar-refractivity contribution in [3.8, 4) is 0 Å². The molecule has 1 aromatic carbocycles. The van der Waals surface area contributed by atoms with Crippen LogP contribution in [0, 0.1) is 5.92 Å². The Balaban J connectivity index is 1.52. The lowest BCUT2D eigenvalue weighted by Crippen LogP contribution is -2.34. The van der Waals surface area contributed by atoms with Crippen LogP contribution in [0.5, 0.6) is 0 Å². The Bertz CT molecular complexity index is 788. The first-order chi connectivity index (χ1) is 13.3. The summed E-state index contributed by atoms with van der Waals surface area (Å²) < 4.78 is 5.57. The number of fused-ring (bicyclic) bond motifs is 1. The largest absolute Gasteiger partial charge is 0.381 e. The highest BCUT2D eigenvalue weighted by Crippen LogP contribution is 2.22. The first-order valence-electron chi connectivity index (χ1n) is 9.83. The van der Waals surface area contributed by atoms with Crippen molar-refractivity contribution in [2.24, 2.45) is 5.92 Å². The Labute approximate surface area is 159 Å². The summed E-state index contributed by atoms with van der Waals surface area (Å²) in [5.74, 6) is 1.94. The summed E-state index contributed by atoms with van der Waals surface area (Å²) in [5.41, 5.74) is 2.72. The predicted molar refractivity (Wildman–Crippen MR) is 104 cm³/mol. The lowest BCUT2D eigenvalue weighted by Gasteiger charge is -2.24. The molecule has 0 bridgehead atoms. The number of aryl methyl sites for hydroxylation is 2. The zero-order valence-corrected chi connectivity index (χ0v) is 15.5. The molecule has 2 aliphatic rings. The fourth-order valence-electron chi connectivity index (χ4n) is 3.71. The molecule has 1 aromatic heterocycles. The van der Waals surface area contributed by atoms with Crippen LogP contribution in [0.25, 0.3) is 0 Å². The second-order valence-electron chi connectivity index (χ2n) is 7.27. The van der Waals surface area contributed by atoms with Gasteiger partial charge in [-0.05, 0) is 37.2 Å². The number of carbonyl (C=O) groups is 1. The quantitative estimate of drug-likeness (QED) is 0.821. The van der Waals surface area contributed by atoms with E-state index in [0.29, 0.717) is 24.6 Å². The number of nitrogens with zero attached hydrogens (tertiary/aromatic N) is 2. The van der Waals surface area contributed by atoms with Crippen molar-refractivity contribution in [3.05, 3.63) is 53.0 Å². The molecule has 2 N–H and O–H groups in total. The van der Waals surface area contributed by atoms with E-state index in [-0.39, 0.29) is 5.91 Å². The first-order valence-corrected chi connectivity index (χ1v) is 9.83. The average Bonchev–Trinajstić information content (AvgIpc) is 2.73. The standard InChI is InChI=1S/C21H26N4O2/c26-21-19-17(10-11-22-21)20(23-13-16-7-4-12-27-14-16)25-18(24-19)9-8-15-5-2-1-3-6-15/h1-3,5-6,16H,4,7-14H2,(H,22,26)(H,23,24,25). The fraction of sp³-hybridized carbons (Fsp3) is 0.476. The lowest BCUT2D eigenvalue weighted by atomic mass is 10.0. The van der Waals surface area contributed by atoms with Crippen LogP contribution in [0.2, 0.25) is 0 Å². The van der Waals surface area contributed by atoms with Gasteiger partial charge >= 0.3 is 0 Å². The number of amides is 1. The Hall–Kier alpha value is -2.47. The Morgan fingerprint density at radius 3 is 2.89 bits per heavy atom. The van der Waals surface area contributed by atoms with E-state index < -0.39 is 0 Å². The van der Waals surface area contributed by atoms with Crippen molar-refractivity contribution in [1.29, 1.82) is 0 Å². The van der Waals surface area contributed by atoms with Gasteiger partial charge in [0.05, 0.1) is 6.61 Å². The summed E-state index contributed by atoms with van der Waals surface area (Å²) in [6, 6.07) is 10.3. The summed E-state index contributed by atoms with van der Waals surface area (Å²) in [5, 5.41) is 6.39. The van der Waals surface area contributed by atoms with Gasteiger partial charge in [-0.2, -0.15) is 0 Å². The highest BCUT2D eigenvalue weighted by atomic mass is 16.5. The van der Waals surface area contributed by atoms with E-state index in [1.54, 1.807) is 0 Å². The Kier molecular flexibility index (Phi) is 5.63. The van der Waals surface area contributed by atoms with E-state index in [1.165, 1.54) is 12.0 Å². The van der Waals surface area contributed by atoms with Crippen molar-refractivity contribution in [3.63, 3.8) is 0 Å². The van der Waals surface area contributed by atoms with E-state index in [0.717, 1.165) is 56.2 Å². The van der Waals surface area contributed by atoms with Gasteiger partial charge in [-0.1, -0.05) is 30.3 Å². The molecule has 142 valence electrons. The number of aromatic nitrogens is 2. The monoisotopic (exact) mass is 366 g/mol. The third-order valence-electron chi connectivity index (χ3n) is 5.22. The third-order valence-corrected chi connectivity index (χ3v) is 5.22. The fourth-order valence-corrected chi connectivity index (χ4v) is 3.71. The summed E-state index contributed by atoms with van der Waals surface area (Å²) in [6.07, 6.45) is 4.62. The number of hydrogen-bond acceptors (Lipinski definition) is 5. The molecule has 2 aliphatic heterocycles. The third kappa shape index (κ3) is 4.45. The van der Waals surface area contributed by atoms with Crippen LogP contribution in [0.15, 0.2) is 30.3 Å². The predicted octanol–water partition coefficient (Wildman–Crippen LogP) is 2.39. The summed E-state index contributed by atoms with van der Waals surface area (Å²) in [4.78, 5) is 21.7. The van der Waals surface area contributed by atoms with E-state index in [1.807, 2.05) is 18.2 Å². The Morgan fingerprint density at radius 2 is 2.07 bits per heavy atom. The molecule has 1 atom stereocenters.